The van der Waals surface area contributed by atoms with E-state index in [2.05, 4.69) is 39.8 Å². The Balaban J connectivity index is 1.80. The zero-order chi connectivity index (χ0) is 27.3. The molecule has 0 aliphatic heterocycles. The molecule has 2 atom stereocenters. The standard InChI is InChI=1S/C22H25N9O6S/c1-13(18(35-3)15-10-25-16(34-2)11-24-15)38(32,33)30-22-29-28-19(14-7-6-8-23-9-14)31(22)17-20(36-4)26-12-27-21(17)37-5/h6-13,18H,1-5H3,(H,29,30)/t13-,18-/m0/s1. The molecule has 0 unspecified atom stereocenters. The van der Waals surface area contributed by atoms with Crippen LogP contribution in [-0.2, 0) is 14.8 Å². The average Bonchev–Trinajstić information content (AvgIpc) is 3.35. The minimum Gasteiger partial charge on any atom is -0.480 e. The van der Waals surface area contributed by atoms with Crippen molar-refractivity contribution in [1.82, 2.24) is 39.7 Å². The quantitative estimate of drug-likeness (QED) is 0.288. The fourth-order valence-corrected chi connectivity index (χ4v) is 4.74. The van der Waals surface area contributed by atoms with Crippen LogP contribution in [0.25, 0.3) is 17.1 Å². The Morgan fingerprint density at radius 2 is 1.66 bits per heavy atom. The van der Waals surface area contributed by atoms with Crippen LogP contribution in [0.5, 0.6) is 17.6 Å². The van der Waals surface area contributed by atoms with Gasteiger partial charge >= 0.3 is 0 Å². The van der Waals surface area contributed by atoms with Crippen molar-refractivity contribution in [2.75, 3.05) is 33.2 Å². The van der Waals surface area contributed by atoms with Crippen LogP contribution < -0.4 is 18.9 Å². The second kappa shape index (κ2) is 11.3. The third-order valence-electron chi connectivity index (χ3n) is 5.50. The number of hydrogen-bond acceptors (Lipinski definition) is 13. The normalized spacial score (nSPS) is 13.0. The summed E-state index contributed by atoms with van der Waals surface area (Å²) in [5.74, 6) is 0.537. The van der Waals surface area contributed by atoms with Crippen LogP contribution in [0.1, 0.15) is 18.7 Å². The van der Waals surface area contributed by atoms with Gasteiger partial charge in [-0.25, -0.2) is 13.4 Å². The fraction of sp³-hybridized carbons (Fsp3) is 0.318. The highest BCUT2D eigenvalue weighted by molar-refractivity contribution is 7.93. The zero-order valence-electron chi connectivity index (χ0n) is 21.1. The molecule has 16 heteroatoms. The summed E-state index contributed by atoms with van der Waals surface area (Å²) < 4.78 is 52.4. The molecule has 0 aliphatic carbocycles. The first-order valence-electron chi connectivity index (χ1n) is 11.0. The first kappa shape index (κ1) is 26.6. The van der Waals surface area contributed by atoms with Gasteiger partial charge in [0.2, 0.25) is 33.6 Å². The van der Waals surface area contributed by atoms with E-state index in [-0.39, 0.29) is 35.1 Å². The molecule has 0 fully saturated rings. The fourth-order valence-electron chi connectivity index (χ4n) is 3.60. The molecule has 4 aromatic rings. The maximum Gasteiger partial charge on any atom is 0.245 e. The molecule has 0 radical (unpaired) electrons. The Labute approximate surface area is 218 Å². The van der Waals surface area contributed by atoms with Gasteiger partial charge in [0.05, 0.1) is 39.4 Å². The zero-order valence-corrected chi connectivity index (χ0v) is 21.9. The van der Waals surface area contributed by atoms with Gasteiger partial charge < -0.3 is 18.9 Å². The van der Waals surface area contributed by atoms with Gasteiger partial charge in [0.25, 0.3) is 0 Å². The van der Waals surface area contributed by atoms with Gasteiger partial charge in [0, 0.05) is 25.1 Å². The first-order chi connectivity index (χ1) is 18.3. The summed E-state index contributed by atoms with van der Waals surface area (Å²) in [4.78, 5) is 20.7. The lowest BCUT2D eigenvalue weighted by Crippen LogP contribution is -2.33. The van der Waals surface area contributed by atoms with Crippen molar-refractivity contribution in [3.8, 4) is 34.7 Å². The monoisotopic (exact) mass is 543 g/mol. The van der Waals surface area contributed by atoms with E-state index in [1.54, 1.807) is 24.5 Å². The Morgan fingerprint density at radius 1 is 0.921 bits per heavy atom. The van der Waals surface area contributed by atoms with E-state index in [1.165, 1.54) is 58.7 Å². The van der Waals surface area contributed by atoms with Crippen molar-refractivity contribution in [2.24, 2.45) is 0 Å². The summed E-state index contributed by atoms with van der Waals surface area (Å²) in [5.41, 5.74) is 1.01. The van der Waals surface area contributed by atoms with Crippen molar-refractivity contribution >= 4 is 16.0 Å². The molecular formula is C22H25N9O6S. The van der Waals surface area contributed by atoms with Gasteiger partial charge in [-0.1, -0.05) is 0 Å². The molecule has 1 N–H and O–H groups in total. The van der Waals surface area contributed by atoms with E-state index >= 15 is 0 Å². The maximum atomic E-state index is 13.6. The maximum absolute atomic E-state index is 13.6. The largest absolute Gasteiger partial charge is 0.480 e. The molecule has 0 spiro atoms. The number of pyridine rings is 1. The van der Waals surface area contributed by atoms with Crippen LogP contribution >= 0.6 is 0 Å². The summed E-state index contributed by atoms with van der Waals surface area (Å²) in [7, 11) is 1.48. The van der Waals surface area contributed by atoms with E-state index in [0.29, 0.717) is 11.3 Å². The van der Waals surface area contributed by atoms with Crippen LogP contribution in [0.3, 0.4) is 0 Å². The van der Waals surface area contributed by atoms with Crippen LogP contribution in [0.4, 0.5) is 5.95 Å². The van der Waals surface area contributed by atoms with E-state index < -0.39 is 21.4 Å². The van der Waals surface area contributed by atoms with Crippen LogP contribution in [0.2, 0.25) is 0 Å². The number of sulfonamides is 1. The lowest BCUT2D eigenvalue weighted by molar-refractivity contribution is 0.0984. The molecule has 38 heavy (non-hydrogen) atoms. The number of nitrogens with zero attached hydrogens (tertiary/aromatic N) is 8. The van der Waals surface area contributed by atoms with Gasteiger partial charge in [-0.05, 0) is 19.1 Å². The number of aromatic nitrogens is 8. The third kappa shape index (κ3) is 5.16. The minimum atomic E-state index is -4.16. The SMILES string of the molecule is COc1cnc([C@@H](OC)[C@H](C)S(=O)(=O)Nc2nnc(-c3cccnc3)n2-c2c(OC)ncnc2OC)cn1. The molecule has 0 saturated carbocycles. The smallest absolute Gasteiger partial charge is 0.245 e. The Morgan fingerprint density at radius 3 is 2.21 bits per heavy atom. The highest BCUT2D eigenvalue weighted by atomic mass is 32.2. The number of anilines is 1. The van der Waals surface area contributed by atoms with Crippen molar-refractivity contribution in [2.45, 2.75) is 18.3 Å². The van der Waals surface area contributed by atoms with Crippen molar-refractivity contribution in [3.05, 3.63) is 48.9 Å². The number of ether oxygens (including phenoxy) is 4. The summed E-state index contributed by atoms with van der Waals surface area (Å²) in [6, 6.07) is 3.44. The van der Waals surface area contributed by atoms with Gasteiger partial charge in [-0.2, -0.15) is 9.97 Å². The average molecular weight is 544 g/mol. The molecule has 200 valence electrons. The molecule has 4 heterocycles. The first-order valence-corrected chi connectivity index (χ1v) is 12.6. The molecule has 15 nitrogen and oxygen atoms in total. The van der Waals surface area contributed by atoms with Crippen molar-refractivity contribution in [1.29, 1.82) is 0 Å². The molecule has 0 bridgehead atoms. The van der Waals surface area contributed by atoms with Gasteiger partial charge in [-0.3, -0.25) is 19.3 Å². The van der Waals surface area contributed by atoms with Gasteiger partial charge in [-0.15, -0.1) is 10.2 Å². The highest BCUT2D eigenvalue weighted by Crippen LogP contribution is 2.35. The molecule has 0 saturated heterocycles. The molecule has 4 aromatic heterocycles. The summed E-state index contributed by atoms with van der Waals surface area (Å²) in [6.45, 7) is 1.47. The number of rotatable bonds is 11. The molecular weight excluding hydrogens is 518 g/mol. The van der Waals surface area contributed by atoms with E-state index in [4.69, 9.17) is 18.9 Å². The van der Waals surface area contributed by atoms with Crippen molar-refractivity contribution in [3.63, 3.8) is 0 Å². The lowest BCUT2D eigenvalue weighted by Gasteiger charge is -2.23. The number of hydrogen-bond donors (Lipinski definition) is 1. The Hall–Kier alpha value is -4.44. The summed E-state index contributed by atoms with van der Waals surface area (Å²) in [6.07, 6.45) is 6.19. The highest BCUT2D eigenvalue weighted by Gasteiger charge is 2.35. The summed E-state index contributed by atoms with van der Waals surface area (Å²) in [5, 5.41) is 7.18. The predicted molar refractivity (Wildman–Crippen MR) is 134 cm³/mol. The number of methoxy groups -OCH3 is 4. The van der Waals surface area contributed by atoms with E-state index in [9.17, 15) is 8.42 Å². The van der Waals surface area contributed by atoms with E-state index in [0.717, 1.165) is 0 Å². The molecule has 0 aromatic carbocycles. The van der Waals surface area contributed by atoms with Crippen molar-refractivity contribution < 1.29 is 27.4 Å². The van der Waals surface area contributed by atoms with Gasteiger partial charge in [0.1, 0.15) is 17.7 Å². The number of nitrogens with one attached hydrogen (secondary N) is 1. The van der Waals surface area contributed by atoms with Crippen LogP contribution in [0, 0.1) is 0 Å². The van der Waals surface area contributed by atoms with E-state index in [1.807, 2.05) is 0 Å². The molecule has 4 rings (SSSR count). The molecule has 0 amide bonds. The Bertz CT molecular complexity index is 1460. The van der Waals surface area contributed by atoms with Gasteiger partial charge in [0.15, 0.2) is 11.5 Å². The minimum absolute atomic E-state index is 0.0959. The second-order valence-electron chi connectivity index (χ2n) is 7.66. The van der Waals surface area contributed by atoms with Crippen LogP contribution in [-0.4, -0.2) is 81.8 Å². The van der Waals surface area contributed by atoms with Crippen LogP contribution in [0.15, 0.2) is 43.2 Å². The summed E-state index contributed by atoms with van der Waals surface area (Å²) >= 11 is 0. The topological polar surface area (TPSA) is 178 Å². The molecule has 0 aliphatic rings. The predicted octanol–water partition coefficient (Wildman–Crippen LogP) is 1.45. The third-order valence-corrected chi connectivity index (χ3v) is 7.19. The lowest BCUT2D eigenvalue weighted by atomic mass is 10.2. The Kier molecular flexibility index (Phi) is 7.92. The second-order valence-corrected chi connectivity index (χ2v) is 9.69.